The second-order valence-corrected chi connectivity index (χ2v) is 3.11. The minimum Gasteiger partial charge on any atom is -0.368 e. The van der Waals surface area contributed by atoms with Crippen LogP contribution in [-0.2, 0) is 4.79 Å². The van der Waals surface area contributed by atoms with Gasteiger partial charge in [-0.3, -0.25) is 4.79 Å². The molecule has 1 atom stereocenters. The molecule has 1 heterocycles. The van der Waals surface area contributed by atoms with Crippen molar-refractivity contribution >= 4 is 11.9 Å². The molecule has 13 heavy (non-hydrogen) atoms. The van der Waals surface area contributed by atoms with E-state index in [0.717, 1.165) is 6.42 Å². The van der Waals surface area contributed by atoms with E-state index in [1.807, 2.05) is 6.92 Å². The second-order valence-electron chi connectivity index (χ2n) is 3.11. The van der Waals surface area contributed by atoms with Crippen LogP contribution in [0.5, 0.6) is 0 Å². The molecule has 1 rings (SSSR count). The van der Waals surface area contributed by atoms with Gasteiger partial charge in [-0.25, -0.2) is 4.79 Å². The van der Waals surface area contributed by atoms with Crippen molar-refractivity contribution in [3.8, 4) is 0 Å². The largest absolute Gasteiger partial charge is 0.368 e. The molecule has 0 saturated carbocycles. The van der Waals surface area contributed by atoms with Gasteiger partial charge in [-0.2, -0.15) is 0 Å². The van der Waals surface area contributed by atoms with Gasteiger partial charge in [0.2, 0.25) is 5.91 Å². The monoisotopic (exact) mass is 185 g/mol. The summed E-state index contributed by atoms with van der Waals surface area (Å²) in [5.74, 6) is -0.431. The summed E-state index contributed by atoms with van der Waals surface area (Å²) in [6.07, 6.45) is 1.44. The number of urea groups is 1. The number of hydrogen-bond acceptors (Lipinski definition) is 2. The van der Waals surface area contributed by atoms with Gasteiger partial charge in [0.05, 0.1) is 0 Å². The minimum absolute atomic E-state index is 0.183. The van der Waals surface area contributed by atoms with E-state index in [1.165, 1.54) is 4.90 Å². The molecule has 0 spiro atoms. The van der Waals surface area contributed by atoms with Gasteiger partial charge >= 0.3 is 6.03 Å². The SMILES string of the molecule is CCC(C(N)=O)N1CCCNC1=O. The summed E-state index contributed by atoms with van der Waals surface area (Å²) < 4.78 is 0. The number of rotatable bonds is 3. The summed E-state index contributed by atoms with van der Waals surface area (Å²) in [7, 11) is 0. The zero-order valence-electron chi connectivity index (χ0n) is 7.75. The molecule has 5 nitrogen and oxygen atoms in total. The molecule has 1 unspecified atom stereocenters. The van der Waals surface area contributed by atoms with Crippen molar-refractivity contribution in [2.45, 2.75) is 25.8 Å². The molecule has 74 valence electrons. The van der Waals surface area contributed by atoms with Crippen LogP contribution >= 0.6 is 0 Å². The topological polar surface area (TPSA) is 75.4 Å². The number of nitrogens with two attached hydrogens (primary N) is 1. The maximum atomic E-state index is 11.3. The van der Waals surface area contributed by atoms with Crippen molar-refractivity contribution in [1.82, 2.24) is 10.2 Å². The van der Waals surface area contributed by atoms with Crippen LogP contribution in [0, 0.1) is 0 Å². The molecule has 1 aliphatic heterocycles. The van der Waals surface area contributed by atoms with Crippen LogP contribution in [0.1, 0.15) is 19.8 Å². The summed E-state index contributed by atoms with van der Waals surface area (Å²) in [4.78, 5) is 23.8. The standard InChI is InChI=1S/C8H15N3O2/c1-2-6(7(9)12)11-5-3-4-10-8(11)13/h6H,2-5H2,1H3,(H2,9,12)(H,10,13). The van der Waals surface area contributed by atoms with E-state index in [9.17, 15) is 9.59 Å². The smallest absolute Gasteiger partial charge is 0.318 e. The Kier molecular flexibility index (Phi) is 3.11. The van der Waals surface area contributed by atoms with Gasteiger partial charge in [-0.15, -0.1) is 0 Å². The van der Waals surface area contributed by atoms with Gasteiger partial charge in [0, 0.05) is 13.1 Å². The van der Waals surface area contributed by atoms with Gasteiger partial charge in [-0.1, -0.05) is 6.92 Å². The van der Waals surface area contributed by atoms with Crippen molar-refractivity contribution in [2.75, 3.05) is 13.1 Å². The lowest BCUT2D eigenvalue weighted by atomic mass is 10.1. The molecule has 0 aromatic rings. The lowest BCUT2D eigenvalue weighted by molar-refractivity contribution is -0.122. The molecule has 1 fully saturated rings. The highest BCUT2D eigenvalue weighted by atomic mass is 16.2. The summed E-state index contributed by atoms with van der Waals surface area (Å²) >= 11 is 0. The summed E-state index contributed by atoms with van der Waals surface area (Å²) in [6.45, 7) is 3.15. The number of primary amides is 1. The Morgan fingerprint density at radius 2 is 2.46 bits per heavy atom. The molecule has 1 aliphatic rings. The van der Waals surface area contributed by atoms with Gasteiger partial charge in [0.15, 0.2) is 0 Å². The maximum absolute atomic E-state index is 11.3. The molecule has 3 amide bonds. The number of carbonyl (C=O) groups is 2. The molecular weight excluding hydrogens is 170 g/mol. The first-order valence-corrected chi connectivity index (χ1v) is 4.50. The Morgan fingerprint density at radius 1 is 1.77 bits per heavy atom. The zero-order valence-corrected chi connectivity index (χ0v) is 7.75. The van der Waals surface area contributed by atoms with Gasteiger partial charge < -0.3 is 16.0 Å². The predicted octanol–water partition coefficient (Wildman–Crippen LogP) is -0.334. The average molecular weight is 185 g/mol. The Labute approximate surface area is 77.3 Å². The molecular formula is C8H15N3O2. The van der Waals surface area contributed by atoms with Crippen LogP contribution in [-0.4, -0.2) is 36.0 Å². The van der Waals surface area contributed by atoms with Crippen LogP contribution in [0.3, 0.4) is 0 Å². The average Bonchev–Trinajstić information content (AvgIpc) is 2.09. The van der Waals surface area contributed by atoms with E-state index in [2.05, 4.69) is 5.32 Å². The Balaban J connectivity index is 2.65. The summed E-state index contributed by atoms with van der Waals surface area (Å²) in [6, 6.07) is -0.641. The van der Waals surface area contributed by atoms with Crippen molar-refractivity contribution < 1.29 is 9.59 Å². The normalized spacial score (nSPS) is 19.5. The number of amides is 3. The molecule has 3 N–H and O–H groups in total. The number of nitrogens with zero attached hydrogens (tertiary/aromatic N) is 1. The molecule has 1 saturated heterocycles. The van der Waals surface area contributed by atoms with E-state index in [-0.39, 0.29) is 6.03 Å². The van der Waals surface area contributed by atoms with E-state index in [0.29, 0.717) is 19.5 Å². The highest BCUT2D eigenvalue weighted by molar-refractivity contribution is 5.86. The lowest BCUT2D eigenvalue weighted by Gasteiger charge is -2.32. The molecule has 0 bridgehead atoms. The minimum atomic E-state index is -0.458. The fourth-order valence-electron chi connectivity index (χ4n) is 1.52. The van der Waals surface area contributed by atoms with E-state index < -0.39 is 11.9 Å². The van der Waals surface area contributed by atoms with E-state index in [4.69, 9.17) is 5.73 Å². The predicted molar refractivity (Wildman–Crippen MR) is 48.0 cm³/mol. The Hall–Kier alpha value is -1.26. The summed E-state index contributed by atoms with van der Waals surface area (Å²) in [5.41, 5.74) is 5.18. The number of carbonyl (C=O) groups excluding carboxylic acids is 2. The molecule has 0 radical (unpaired) electrons. The Bertz CT molecular complexity index is 217. The maximum Gasteiger partial charge on any atom is 0.318 e. The molecule has 0 aliphatic carbocycles. The second kappa shape index (κ2) is 4.11. The van der Waals surface area contributed by atoms with Gasteiger partial charge in [0.25, 0.3) is 0 Å². The fraction of sp³-hybridized carbons (Fsp3) is 0.750. The first kappa shape index (κ1) is 9.83. The van der Waals surface area contributed by atoms with Gasteiger partial charge in [0.1, 0.15) is 6.04 Å². The lowest BCUT2D eigenvalue weighted by Crippen LogP contribution is -2.55. The third-order valence-electron chi connectivity index (χ3n) is 2.20. The third-order valence-corrected chi connectivity index (χ3v) is 2.20. The quantitative estimate of drug-likeness (QED) is 0.631. The van der Waals surface area contributed by atoms with Crippen LogP contribution < -0.4 is 11.1 Å². The van der Waals surface area contributed by atoms with Crippen LogP contribution in [0.2, 0.25) is 0 Å². The molecule has 0 aromatic carbocycles. The number of nitrogens with one attached hydrogen (secondary N) is 1. The van der Waals surface area contributed by atoms with E-state index >= 15 is 0 Å². The van der Waals surface area contributed by atoms with Crippen molar-refractivity contribution in [3.63, 3.8) is 0 Å². The zero-order chi connectivity index (χ0) is 9.84. The van der Waals surface area contributed by atoms with Crippen molar-refractivity contribution in [1.29, 1.82) is 0 Å². The third kappa shape index (κ3) is 2.11. The van der Waals surface area contributed by atoms with Gasteiger partial charge in [-0.05, 0) is 12.8 Å². The highest BCUT2D eigenvalue weighted by Gasteiger charge is 2.28. The first-order valence-electron chi connectivity index (χ1n) is 4.50. The Morgan fingerprint density at radius 3 is 2.92 bits per heavy atom. The molecule has 5 heteroatoms. The molecule has 0 aromatic heterocycles. The first-order chi connectivity index (χ1) is 6.16. The number of hydrogen-bond donors (Lipinski definition) is 2. The van der Waals surface area contributed by atoms with Crippen molar-refractivity contribution in [3.05, 3.63) is 0 Å². The van der Waals surface area contributed by atoms with Crippen LogP contribution in [0.25, 0.3) is 0 Å². The fourth-order valence-corrected chi connectivity index (χ4v) is 1.52. The van der Waals surface area contributed by atoms with Crippen molar-refractivity contribution in [2.24, 2.45) is 5.73 Å². The highest BCUT2D eigenvalue weighted by Crippen LogP contribution is 2.08. The van der Waals surface area contributed by atoms with E-state index in [1.54, 1.807) is 0 Å². The summed E-state index contributed by atoms with van der Waals surface area (Å²) in [5, 5.41) is 2.68. The van der Waals surface area contributed by atoms with Crippen LogP contribution in [0.15, 0.2) is 0 Å². The van der Waals surface area contributed by atoms with Crippen LogP contribution in [0.4, 0.5) is 4.79 Å².